The summed E-state index contributed by atoms with van der Waals surface area (Å²) < 4.78 is 0. The van der Waals surface area contributed by atoms with Crippen LogP contribution in [0.5, 0.6) is 0 Å². The van der Waals surface area contributed by atoms with Crippen LogP contribution in [0, 0.1) is 27.2 Å². The minimum atomic E-state index is -0.791. The van der Waals surface area contributed by atoms with Crippen molar-refractivity contribution in [3.63, 3.8) is 0 Å². The van der Waals surface area contributed by atoms with Gasteiger partial charge in [0, 0.05) is 6.07 Å². The fraction of sp³-hybridized carbons (Fsp3) is 0.143. The Balaban J connectivity index is 3.63. The molecule has 2 N–H and O–H groups in total. The van der Waals surface area contributed by atoms with Crippen LogP contribution in [-0.4, -0.2) is 9.85 Å². The summed E-state index contributed by atoms with van der Waals surface area (Å²) in [5, 5.41) is 20.9. The van der Waals surface area contributed by atoms with Gasteiger partial charge < -0.3 is 5.73 Å². The maximum absolute atomic E-state index is 10.6. The molecule has 0 aromatic heterocycles. The van der Waals surface area contributed by atoms with Crippen LogP contribution in [0.4, 0.5) is 17.1 Å². The molecule has 8 heteroatoms. The van der Waals surface area contributed by atoms with Gasteiger partial charge in [-0.05, 0) is 6.92 Å². The van der Waals surface area contributed by atoms with Crippen molar-refractivity contribution in [1.82, 2.24) is 0 Å². The third kappa shape index (κ3) is 1.82. The van der Waals surface area contributed by atoms with Gasteiger partial charge in [0.25, 0.3) is 11.4 Å². The molecule has 0 saturated carbocycles. The second kappa shape index (κ2) is 3.70. The lowest BCUT2D eigenvalue weighted by molar-refractivity contribution is -0.395. The SMILES string of the molecule is Cc1c([N+](=O)[O-])cc(N)c(Cl)c1[N+](=O)[O-]. The van der Waals surface area contributed by atoms with Gasteiger partial charge in [-0.15, -0.1) is 0 Å². The molecule has 1 rings (SSSR count). The molecule has 0 aliphatic rings. The van der Waals surface area contributed by atoms with E-state index in [1.165, 1.54) is 6.92 Å². The molecular weight excluding hydrogens is 226 g/mol. The summed E-state index contributed by atoms with van der Waals surface area (Å²) in [6, 6.07) is 1.00. The molecule has 0 aliphatic carbocycles. The Hall–Kier alpha value is -1.89. The number of hydrogen-bond acceptors (Lipinski definition) is 5. The highest BCUT2D eigenvalue weighted by molar-refractivity contribution is 6.35. The van der Waals surface area contributed by atoms with Crippen molar-refractivity contribution in [3.8, 4) is 0 Å². The number of hydrogen-bond donors (Lipinski definition) is 1. The van der Waals surface area contributed by atoms with E-state index in [1.807, 2.05) is 0 Å². The van der Waals surface area contributed by atoms with E-state index in [-0.39, 0.29) is 16.3 Å². The highest BCUT2D eigenvalue weighted by Gasteiger charge is 2.27. The van der Waals surface area contributed by atoms with E-state index >= 15 is 0 Å². The molecule has 1 aromatic carbocycles. The van der Waals surface area contributed by atoms with Gasteiger partial charge in [-0.3, -0.25) is 20.2 Å². The molecule has 0 atom stereocenters. The quantitative estimate of drug-likeness (QED) is 0.475. The first kappa shape index (κ1) is 11.2. The number of benzene rings is 1. The van der Waals surface area contributed by atoms with Crippen molar-refractivity contribution in [2.75, 3.05) is 5.73 Å². The highest BCUT2D eigenvalue weighted by atomic mass is 35.5. The summed E-state index contributed by atoms with van der Waals surface area (Å²) in [5.41, 5.74) is 4.10. The molecule has 80 valence electrons. The van der Waals surface area contributed by atoms with Gasteiger partial charge in [-0.25, -0.2) is 0 Å². The molecule has 0 saturated heterocycles. The van der Waals surface area contributed by atoms with Crippen LogP contribution in [0.1, 0.15) is 5.56 Å². The molecule has 0 bridgehead atoms. The van der Waals surface area contributed by atoms with Gasteiger partial charge in [0.05, 0.1) is 15.5 Å². The minimum Gasteiger partial charge on any atom is -0.397 e. The van der Waals surface area contributed by atoms with Gasteiger partial charge in [0.15, 0.2) is 0 Å². The van der Waals surface area contributed by atoms with E-state index in [1.54, 1.807) is 0 Å². The lowest BCUT2D eigenvalue weighted by Crippen LogP contribution is -2.01. The summed E-state index contributed by atoms with van der Waals surface area (Å²) in [6.07, 6.45) is 0. The molecule has 0 amide bonds. The fourth-order valence-corrected chi connectivity index (χ4v) is 1.41. The molecule has 0 fully saturated rings. The van der Waals surface area contributed by atoms with Gasteiger partial charge in [0.2, 0.25) is 0 Å². The van der Waals surface area contributed by atoms with Crippen LogP contribution in [0.3, 0.4) is 0 Å². The Bertz CT molecular complexity index is 460. The van der Waals surface area contributed by atoms with Gasteiger partial charge in [-0.2, -0.15) is 0 Å². The number of nitro benzene ring substituents is 2. The van der Waals surface area contributed by atoms with Crippen molar-refractivity contribution >= 4 is 28.7 Å². The standard InChI is InChI=1S/C7H6ClN3O4/c1-3-5(10(12)13)2-4(9)6(8)7(3)11(14)15/h2H,9H2,1H3. The van der Waals surface area contributed by atoms with Crippen LogP contribution < -0.4 is 5.73 Å². The molecule has 0 heterocycles. The first-order valence-electron chi connectivity index (χ1n) is 3.73. The summed E-state index contributed by atoms with van der Waals surface area (Å²) >= 11 is 5.58. The second-order valence-corrected chi connectivity index (χ2v) is 3.16. The zero-order chi connectivity index (χ0) is 11.7. The molecule has 0 aliphatic heterocycles. The number of rotatable bonds is 2. The Morgan fingerprint density at radius 2 is 1.87 bits per heavy atom. The molecular formula is C7H6ClN3O4. The largest absolute Gasteiger partial charge is 0.397 e. The molecule has 0 spiro atoms. The van der Waals surface area contributed by atoms with Gasteiger partial charge in [-0.1, -0.05) is 11.6 Å². The summed E-state index contributed by atoms with van der Waals surface area (Å²) in [7, 11) is 0. The average molecular weight is 232 g/mol. The lowest BCUT2D eigenvalue weighted by Gasteiger charge is -2.03. The predicted molar refractivity (Wildman–Crippen MR) is 53.9 cm³/mol. The van der Waals surface area contributed by atoms with Crippen LogP contribution in [0.2, 0.25) is 5.02 Å². The normalized spacial score (nSPS) is 10.0. The van der Waals surface area contributed by atoms with E-state index < -0.39 is 21.2 Å². The van der Waals surface area contributed by atoms with Crippen molar-refractivity contribution < 1.29 is 9.85 Å². The van der Waals surface area contributed by atoms with E-state index in [0.717, 1.165) is 6.07 Å². The third-order valence-electron chi connectivity index (χ3n) is 1.87. The number of nitrogens with two attached hydrogens (primary N) is 1. The fourth-order valence-electron chi connectivity index (χ4n) is 1.15. The first-order valence-corrected chi connectivity index (χ1v) is 4.11. The number of anilines is 1. The van der Waals surface area contributed by atoms with E-state index in [0.29, 0.717) is 0 Å². The summed E-state index contributed by atoms with van der Waals surface area (Å²) in [4.78, 5) is 19.6. The third-order valence-corrected chi connectivity index (χ3v) is 2.27. The Morgan fingerprint density at radius 3 is 2.27 bits per heavy atom. The summed E-state index contributed by atoms with van der Waals surface area (Å²) in [6.45, 7) is 1.25. The van der Waals surface area contributed by atoms with Gasteiger partial charge in [0.1, 0.15) is 10.6 Å². The van der Waals surface area contributed by atoms with Gasteiger partial charge >= 0.3 is 0 Å². The number of nitro groups is 2. The molecule has 7 nitrogen and oxygen atoms in total. The lowest BCUT2D eigenvalue weighted by atomic mass is 10.1. The van der Waals surface area contributed by atoms with Crippen molar-refractivity contribution in [2.24, 2.45) is 0 Å². The molecule has 1 aromatic rings. The monoisotopic (exact) mass is 231 g/mol. The predicted octanol–water partition coefficient (Wildman–Crippen LogP) is 2.05. The number of nitrogens with zero attached hydrogens (tertiary/aromatic N) is 2. The Kier molecular flexibility index (Phi) is 2.76. The highest BCUT2D eigenvalue weighted by Crippen LogP contribution is 2.38. The maximum atomic E-state index is 10.6. The Labute approximate surface area is 88.7 Å². The smallest absolute Gasteiger partial charge is 0.299 e. The minimum absolute atomic E-state index is 0.107. The van der Waals surface area contributed by atoms with Crippen molar-refractivity contribution in [2.45, 2.75) is 6.92 Å². The van der Waals surface area contributed by atoms with Crippen LogP contribution in [0.25, 0.3) is 0 Å². The zero-order valence-corrected chi connectivity index (χ0v) is 8.32. The maximum Gasteiger partial charge on any atom is 0.299 e. The molecule has 15 heavy (non-hydrogen) atoms. The van der Waals surface area contributed by atoms with E-state index in [4.69, 9.17) is 17.3 Å². The van der Waals surface area contributed by atoms with Crippen molar-refractivity contribution in [3.05, 3.63) is 36.9 Å². The topological polar surface area (TPSA) is 112 Å². The number of halogens is 1. The van der Waals surface area contributed by atoms with E-state index in [9.17, 15) is 20.2 Å². The first-order chi connectivity index (χ1) is 6.86. The summed E-state index contributed by atoms with van der Waals surface area (Å²) in [5.74, 6) is 0. The molecule has 0 unspecified atom stereocenters. The number of nitrogen functional groups attached to an aromatic ring is 1. The van der Waals surface area contributed by atoms with E-state index in [2.05, 4.69) is 0 Å². The van der Waals surface area contributed by atoms with Crippen LogP contribution in [-0.2, 0) is 0 Å². The van der Waals surface area contributed by atoms with Crippen LogP contribution >= 0.6 is 11.6 Å². The zero-order valence-electron chi connectivity index (χ0n) is 7.56. The molecule has 0 radical (unpaired) electrons. The second-order valence-electron chi connectivity index (χ2n) is 2.79. The average Bonchev–Trinajstić information content (AvgIpc) is 2.10. The van der Waals surface area contributed by atoms with Crippen molar-refractivity contribution in [1.29, 1.82) is 0 Å². The Morgan fingerprint density at radius 1 is 1.33 bits per heavy atom. The van der Waals surface area contributed by atoms with Crippen LogP contribution in [0.15, 0.2) is 6.07 Å².